The summed E-state index contributed by atoms with van der Waals surface area (Å²) in [5.41, 5.74) is 0. The van der Waals surface area contributed by atoms with Crippen molar-refractivity contribution in [2.45, 2.75) is 45.5 Å². The van der Waals surface area contributed by atoms with Crippen LogP contribution in [0.3, 0.4) is 0 Å². The molecule has 5 atom stereocenters. The van der Waals surface area contributed by atoms with Crippen LogP contribution in [-0.2, 0) is 0 Å². The largest absolute Gasteiger partial charge is 0.393 e. The summed E-state index contributed by atoms with van der Waals surface area (Å²) in [5.74, 6) is 0.311. The predicted octanol–water partition coefficient (Wildman–Crippen LogP) is 0.381. The third kappa shape index (κ3) is 2.03. The predicted molar refractivity (Wildman–Crippen MR) is 50.1 cm³/mol. The average Bonchev–Trinajstić information content (AvgIpc) is 2.29. The lowest BCUT2D eigenvalue weighted by Crippen LogP contribution is -2.33. The van der Waals surface area contributed by atoms with Crippen molar-refractivity contribution in [1.29, 1.82) is 0 Å². The molecule has 0 bridgehead atoms. The van der Waals surface area contributed by atoms with E-state index < -0.39 is 18.3 Å². The van der Waals surface area contributed by atoms with Gasteiger partial charge in [0.15, 0.2) is 0 Å². The van der Waals surface area contributed by atoms with Crippen LogP contribution >= 0.6 is 0 Å². The maximum atomic E-state index is 9.69. The Hall–Kier alpha value is -0.120. The zero-order valence-corrected chi connectivity index (χ0v) is 8.51. The van der Waals surface area contributed by atoms with Gasteiger partial charge in [-0.05, 0) is 25.2 Å². The SMILES string of the molecule is CC(O)[C@H]1C[C@@H](C(C)C)[C@H](O)[C@@H]1O. The highest BCUT2D eigenvalue weighted by atomic mass is 16.3. The van der Waals surface area contributed by atoms with Crippen molar-refractivity contribution in [2.75, 3.05) is 0 Å². The highest BCUT2D eigenvalue weighted by Gasteiger charge is 2.44. The van der Waals surface area contributed by atoms with Crippen LogP contribution in [0, 0.1) is 17.8 Å². The average molecular weight is 188 g/mol. The Morgan fingerprint density at radius 1 is 1.00 bits per heavy atom. The van der Waals surface area contributed by atoms with Crippen LogP contribution in [0.1, 0.15) is 27.2 Å². The molecule has 0 radical (unpaired) electrons. The molecule has 0 saturated heterocycles. The summed E-state index contributed by atoms with van der Waals surface area (Å²) in [6.07, 6.45) is -1.24. The Morgan fingerprint density at radius 2 is 1.46 bits per heavy atom. The molecule has 0 aromatic carbocycles. The molecule has 3 N–H and O–H groups in total. The second kappa shape index (κ2) is 3.95. The monoisotopic (exact) mass is 188 g/mol. The third-order valence-corrected chi connectivity index (χ3v) is 3.25. The van der Waals surface area contributed by atoms with E-state index in [1.807, 2.05) is 13.8 Å². The zero-order chi connectivity index (χ0) is 10.2. The van der Waals surface area contributed by atoms with E-state index >= 15 is 0 Å². The first-order chi connectivity index (χ1) is 5.95. The van der Waals surface area contributed by atoms with Crippen molar-refractivity contribution < 1.29 is 15.3 Å². The van der Waals surface area contributed by atoms with Gasteiger partial charge in [-0.3, -0.25) is 0 Å². The zero-order valence-electron chi connectivity index (χ0n) is 8.51. The molecule has 0 aromatic rings. The van der Waals surface area contributed by atoms with Crippen molar-refractivity contribution in [3.63, 3.8) is 0 Å². The maximum absolute atomic E-state index is 9.69. The smallest absolute Gasteiger partial charge is 0.0854 e. The minimum Gasteiger partial charge on any atom is -0.393 e. The van der Waals surface area contributed by atoms with Crippen molar-refractivity contribution >= 4 is 0 Å². The van der Waals surface area contributed by atoms with Crippen molar-refractivity contribution in [3.05, 3.63) is 0 Å². The lowest BCUT2D eigenvalue weighted by molar-refractivity contribution is -0.0265. The van der Waals surface area contributed by atoms with E-state index in [9.17, 15) is 15.3 Å². The molecule has 0 aliphatic heterocycles. The molecule has 1 aliphatic rings. The summed E-state index contributed by atoms with van der Waals surface area (Å²) in [4.78, 5) is 0. The molecule has 3 nitrogen and oxygen atoms in total. The molecule has 1 saturated carbocycles. The fourth-order valence-corrected chi connectivity index (χ4v) is 2.25. The van der Waals surface area contributed by atoms with Crippen LogP contribution in [0.25, 0.3) is 0 Å². The van der Waals surface area contributed by atoms with E-state index in [1.54, 1.807) is 6.92 Å². The molecule has 0 amide bonds. The molecule has 1 fully saturated rings. The summed E-state index contributed by atoms with van der Waals surface area (Å²) >= 11 is 0. The Labute approximate surface area is 79.4 Å². The molecule has 1 aliphatic carbocycles. The molecule has 0 spiro atoms. The van der Waals surface area contributed by atoms with Gasteiger partial charge in [0.25, 0.3) is 0 Å². The Morgan fingerprint density at radius 3 is 1.69 bits per heavy atom. The van der Waals surface area contributed by atoms with Gasteiger partial charge in [-0.15, -0.1) is 0 Å². The first kappa shape index (κ1) is 11.0. The highest BCUT2D eigenvalue weighted by molar-refractivity contribution is 4.94. The van der Waals surface area contributed by atoms with Crippen molar-refractivity contribution in [3.8, 4) is 0 Å². The van der Waals surface area contributed by atoms with E-state index in [2.05, 4.69) is 0 Å². The van der Waals surface area contributed by atoms with Crippen LogP contribution in [0.5, 0.6) is 0 Å². The van der Waals surface area contributed by atoms with Crippen LogP contribution in [0.15, 0.2) is 0 Å². The molecule has 78 valence electrons. The van der Waals surface area contributed by atoms with Gasteiger partial charge in [0.2, 0.25) is 0 Å². The number of aliphatic hydroxyl groups excluding tert-OH is 3. The molecule has 1 unspecified atom stereocenters. The summed E-state index contributed by atoms with van der Waals surface area (Å²) in [7, 11) is 0. The minimum absolute atomic E-state index is 0.120. The number of aliphatic hydroxyl groups is 3. The fourth-order valence-electron chi connectivity index (χ4n) is 2.25. The molecule has 0 aromatic heterocycles. The van der Waals surface area contributed by atoms with Gasteiger partial charge in [0.1, 0.15) is 0 Å². The second-order valence-electron chi connectivity index (χ2n) is 4.53. The summed E-state index contributed by atoms with van der Waals surface area (Å²) < 4.78 is 0. The maximum Gasteiger partial charge on any atom is 0.0854 e. The lowest BCUT2D eigenvalue weighted by Gasteiger charge is -2.19. The van der Waals surface area contributed by atoms with Crippen LogP contribution in [0.2, 0.25) is 0 Å². The molecular formula is C10H20O3. The van der Waals surface area contributed by atoms with Gasteiger partial charge in [-0.2, -0.15) is 0 Å². The molecule has 1 rings (SSSR count). The van der Waals surface area contributed by atoms with E-state index in [4.69, 9.17) is 0 Å². The normalized spacial score (nSPS) is 42.7. The van der Waals surface area contributed by atoms with Crippen LogP contribution < -0.4 is 0 Å². The Kier molecular flexibility index (Phi) is 3.33. The van der Waals surface area contributed by atoms with Crippen LogP contribution in [0.4, 0.5) is 0 Å². The molecule has 3 heteroatoms. The van der Waals surface area contributed by atoms with E-state index in [-0.39, 0.29) is 11.8 Å². The van der Waals surface area contributed by atoms with Crippen molar-refractivity contribution in [1.82, 2.24) is 0 Å². The minimum atomic E-state index is -0.757. The van der Waals surface area contributed by atoms with Gasteiger partial charge in [0.05, 0.1) is 18.3 Å². The van der Waals surface area contributed by atoms with E-state index in [0.717, 1.165) is 6.42 Å². The molecular weight excluding hydrogens is 168 g/mol. The van der Waals surface area contributed by atoms with E-state index in [1.165, 1.54) is 0 Å². The number of hydrogen-bond donors (Lipinski definition) is 3. The third-order valence-electron chi connectivity index (χ3n) is 3.25. The molecule has 0 heterocycles. The quantitative estimate of drug-likeness (QED) is 0.587. The lowest BCUT2D eigenvalue weighted by atomic mass is 9.91. The first-order valence-electron chi connectivity index (χ1n) is 4.99. The summed E-state index contributed by atoms with van der Waals surface area (Å²) in [5, 5.41) is 28.7. The van der Waals surface area contributed by atoms with Crippen LogP contribution in [-0.4, -0.2) is 33.6 Å². The Bertz CT molecular complexity index is 150. The molecule has 13 heavy (non-hydrogen) atoms. The van der Waals surface area contributed by atoms with Gasteiger partial charge < -0.3 is 15.3 Å². The first-order valence-corrected chi connectivity index (χ1v) is 4.99. The Balaban J connectivity index is 2.66. The van der Waals surface area contributed by atoms with E-state index in [0.29, 0.717) is 5.92 Å². The number of hydrogen-bond acceptors (Lipinski definition) is 3. The highest BCUT2D eigenvalue weighted by Crippen LogP contribution is 2.37. The second-order valence-corrected chi connectivity index (χ2v) is 4.53. The van der Waals surface area contributed by atoms with Gasteiger partial charge in [0, 0.05) is 5.92 Å². The summed E-state index contributed by atoms with van der Waals surface area (Å²) in [6, 6.07) is 0. The standard InChI is InChI=1S/C10H20O3/c1-5(2)7-4-8(6(3)11)10(13)9(7)12/h5-13H,4H2,1-3H3/t6?,7-,8+,9-,10+/m0/s1. The topological polar surface area (TPSA) is 60.7 Å². The number of rotatable bonds is 2. The fraction of sp³-hybridized carbons (Fsp3) is 1.00. The van der Waals surface area contributed by atoms with Gasteiger partial charge >= 0.3 is 0 Å². The summed E-state index contributed by atoms with van der Waals surface area (Å²) in [6.45, 7) is 5.74. The van der Waals surface area contributed by atoms with Gasteiger partial charge in [-0.25, -0.2) is 0 Å². The van der Waals surface area contributed by atoms with Gasteiger partial charge in [-0.1, -0.05) is 13.8 Å². The van der Waals surface area contributed by atoms with Crippen molar-refractivity contribution in [2.24, 2.45) is 17.8 Å².